The van der Waals surface area contributed by atoms with Gasteiger partial charge in [0.2, 0.25) is 5.91 Å². The van der Waals surface area contributed by atoms with Crippen LogP contribution in [0.15, 0.2) is 85.1 Å². The highest BCUT2D eigenvalue weighted by atomic mass is 35.5. The van der Waals surface area contributed by atoms with Gasteiger partial charge >= 0.3 is 6.03 Å². The predicted molar refractivity (Wildman–Crippen MR) is 153 cm³/mol. The molecule has 2 aliphatic rings. The van der Waals surface area contributed by atoms with Gasteiger partial charge in [-0.3, -0.25) is 9.69 Å². The van der Waals surface area contributed by atoms with Crippen LogP contribution >= 0.6 is 11.6 Å². The fourth-order valence-corrected chi connectivity index (χ4v) is 5.38. The van der Waals surface area contributed by atoms with Crippen LogP contribution in [0.4, 0.5) is 16.2 Å². The Morgan fingerprint density at radius 1 is 1.00 bits per heavy atom. The predicted octanol–water partition coefficient (Wildman–Crippen LogP) is 6.58. The van der Waals surface area contributed by atoms with Crippen LogP contribution in [0.2, 0.25) is 5.02 Å². The average Bonchev–Trinajstić information content (AvgIpc) is 3.67. The molecule has 1 N–H and O–H groups in total. The number of para-hydroxylation sites is 2. The molecule has 39 heavy (non-hydrogen) atoms. The van der Waals surface area contributed by atoms with Crippen molar-refractivity contribution in [1.29, 1.82) is 0 Å². The summed E-state index contributed by atoms with van der Waals surface area (Å²) in [5, 5.41) is 3.52. The summed E-state index contributed by atoms with van der Waals surface area (Å²) >= 11 is 6.28. The minimum atomic E-state index is -0.367. The number of hydrogen-bond acceptors (Lipinski definition) is 3. The van der Waals surface area contributed by atoms with Gasteiger partial charge in [0.05, 0.1) is 24.2 Å². The number of aryl methyl sites for hydroxylation is 1. The standard InChI is InChI=1S/C31H29ClN4O3/c1-20-9-12-22(18-25(20)32)33-31(38)35(23-13-14-23)19-29(37)36-27-7-4-3-6-26(27)34-17-5-8-28(34)30(36)21-10-15-24(39-2)16-11-21/h3-12,15-18,23,30H,13-14,19H2,1-2H3,(H,33,38). The fraction of sp³-hybridized carbons (Fsp3) is 0.226. The van der Waals surface area contributed by atoms with Crippen molar-refractivity contribution < 1.29 is 14.3 Å². The zero-order valence-electron chi connectivity index (χ0n) is 21.8. The Bertz CT molecular complexity index is 1540. The number of halogens is 1. The van der Waals surface area contributed by atoms with Crippen LogP contribution in [0.25, 0.3) is 5.69 Å². The number of nitrogens with one attached hydrogen (secondary N) is 1. The molecule has 0 bridgehead atoms. The molecule has 1 aromatic heterocycles. The zero-order valence-corrected chi connectivity index (χ0v) is 22.6. The molecule has 1 fully saturated rings. The van der Waals surface area contributed by atoms with Crippen molar-refractivity contribution in [1.82, 2.24) is 9.47 Å². The van der Waals surface area contributed by atoms with Crippen LogP contribution in [0.3, 0.4) is 0 Å². The average molecular weight is 541 g/mol. The van der Waals surface area contributed by atoms with E-state index < -0.39 is 0 Å². The molecule has 1 aliphatic heterocycles. The molecule has 0 spiro atoms. The molecular weight excluding hydrogens is 512 g/mol. The number of hydrogen-bond donors (Lipinski definition) is 1. The molecule has 8 heteroatoms. The summed E-state index contributed by atoms with van der Waals surface area (Å²) in [5.41, 5.74) is 5.19. The summed E-state index contributed by atoms with van der Waals surface area (Å²) < 4.78 is 7.50. The normalized spacial score (nSPS) is 15.8. The first kappa shape index (κ1) is 25.1. The van der Waals surface area contributed by atoms with Crippen LogP contribution in [-0.4, -0.2) is 41.1 Å². The van der Waals surface area contributed by atoms with Crippen LogP contribution < -0.4 is 15.0 Å². The van der Waals surface area contributed by atoms with Gasteiger partial charge in [0.15, 0.2) is 0 Å². The largest absolute Gasteiger partial charge is 0.497 e. The van der Waals surface area contributed by atoms with E-state index in [1.54, 1.807) is 18.1 Å². The van der Waals surface area contributed by atoms with E-state index in [4.69, 9.17) is 16.3 Å². The lowest BCUT2D eigenvalue weighted by Gasteiger charge is -2.39. The topological polar surface area (TPSA) is 66.8 Å². The molecule has 7 nitrogen and oxygen atoms in total. The van der Waals surface area contributed by atoms with Crippen molar-refractivity contribution in [3.8, 4) is 11.4 Å². The SMILES string of the molecule is COc1ccc(C2c3cccn3-c3ccccc3N2C(=O)CN(C(=O)Nc2ccc(C)c(Cl)c2)C2CC2)cc1. The molecule has 1 unspecified atom stereocenters. The summed E-state index contributed by atoms with van der Waals surface area (Å²) in [6.45, 7) is 1.87. The number of methoxy groups -OCH3 is 1. The van der Waals surface area contributed by atoms with E-state index in [-0.39, 0.29) is 30.6 Å². The maximum atomic E-state index is 14.2. The van der Waals surface area contributed by atoms with Crippen LogP contribution in [-0.2, 0) is 4.79 Å². The van der Waals surface area contributed by atoms with Gasteiger partial charge < -0.3 is 19.5 Å². The number of ether oxygens (including phenoxy) is 1. The Kier molecular flexibility index (Phi) is 6.53. The van der Waals surface area contributed by atoms with Gasteiger partial charge in [-0.05, 0) is 79.4 Å². The molecule has 0 saturated heterocycles. The van der Waals surface area contributed by atoms with E-state index in [2.05, 4.69) is 9.88 Å². The Labute approximate surface area is 232 Å². The number of urea groups is 1. The third kappa shape index (κ3) is 4.74. The van der Waals surface area contributed by atoms with Gasteiger partial charge in [0.1, 0.15) is 18.3 Å². The van der Waals surface area contributed by atoms with Gasteiger partial charge in [0, 0.05) is 22.9 Å². The first-order valence-corrected chi connectivity index (χ1v) is 13.4. The third-order valence-electron chi connectivity index (χ3n) is 7.40. The van der Waals surface area contributed by atoms with Crippen molar-refractivity contribution in [2.45, 2.75) is 31.8 Å². The second-order valence-corrected chi connectivity index (χ2v) is 10.4. The van der Waals surface area contributed by atoms with Crippen LogP contribution in [0.5, 0.6) is 5.75 Å². The minimum absolute atomic E-state index is 0.0261. The van der Waals surface area contributed by atoms with Gasteiger partial charge in [-0.2, -0.15) is 0 Å². The smallest absolute Gasteiger partial charge is 0.322 e. The molecule has 3 amide bonds. The number of carbonyl (C=O) groups excluding carboxylic acids is 2. The number of aromatic nitrogens is 1. The van der Waals surface area contributed by atoms with Crippen LogP contribution in [0, 0.1) is 6.92 Å². The lowest BCUT2D eigenvalue weighted by Crippen LogP contribution is -2.48. The molecule has 2 heterocycles. The van der Waals surface area contributed by atoms with Crippen molar-refractivity contribution in [2.24, 2.45) is 0 Å². The Morgan fingerprint density at radius 3 is 2.44 bits per heavy atom. The molecule has 198 valence electrons. The van der Waals surface area contributed by atoms with Crippen molar-refractivity contribution >= 4 is 34.9 Å². The highest BCUT2D eigenvalue weighted by molar-refractivity contribution is 6.31. The lowest BCUT2D eigenvalue weighted by molar-refractivity contribution is -0.119. The number of nitrogens with zero attached hydrogens (tertiary/aromatic N) is 3. The quantitative estimate of drug-likeness (QED) is 0.300. The van der Waals surface area contributed by atoms with Gasteiger partial charge in [-0.1, -0.05) is 41.9 Å². The van der Waals surface area contributed by atoms with Crippen molar-refractivity contribution in [3.63, 3.8) is 0 Å². The van der Waals surface area contributed by atoms with Gasteiger partial charge in [-0.15, -0.1) is 0 Å². The maximum Gasteiger partial charge on any atom is 0.322 e. The Hall–Kier alpha value is -4.23. The first-order valence-electron chi connectivity index (χ1n) is 13.0. The number of anilines is 2. The van der Waals surface area contributed by atoms with E-state index in [1.165, 1.54) is 0 Å². The molecule has 1 saturated carbocycles. The van der Waals surface area contributed by atoms with Crippen molar-refractivity contribution in [2.75, 3.05) is 23.9 Å². The summed E-state index contributed by atoms with van der Waals surface area (Å²) in [5.74, 6) is 0.593. The number of carbonyl (C=O) groups is 2. The van der Waals surface area contributed by atoms with E-state index in [9.17, 15) is 9.59 Å². The van der Waals surface area contributed by atoms with Crippen LogP contribution in [0.1, 0.15) is 35.7 Å². The molecule has 0 radical (unpaired) electrons. The maximum absolute atomic E-state index is 14.2. The van der Waals surface area contributed by atoms with Crippen molar-refractivity contribution in [3.05, 3.63) is 107 Å². The zero-order chi connectivity index (χ0) is 27.1. The highest BCUT2D eigenvalue weighted by Crippen LogP contribution is 2.43. The summed E-state index contributed by atoms with van der Waals surface area (Å²) in [7, 11) is 1.63. The number of rotatable bonds is 6. The summed E-state index contributed by atoms with van der Waals surface area (Å²) in [4.78, 5) is 31.1. The highest BCUT2D eigenvalue weighted by Gasteiger charge is 2.40. The summed E-state index contributed by atoms with van der Waals surface area (Å²) in [6, 6.07) is 24.5. The van der Waals surface area contributed by atoms with E-state index in [0.29, 0.717) is 10.7 Å². The minimum Gasteiger partial charge on any atom is -0.497 e. The van der Waals surface area contributed by atoms with Gasteiger partial charge in [-0.25, -0.2) is 4.79 Å². The number of benzene rings is 3. The lowest BCUT2D eigenvalue weighted by atomic mass is 9.97. The van der Waals surface area contributed by atoms with E-state index >= 15 is 0 Å². The second-order valence-electron chi connectivity index (χ2n) is 9.98. The fourth-order valence-electron chi connectivity index (χ4n) is 5.20. The molecule has 4 aromatic rings. The molecule has 1 aliphatic carbocycles. The van der Waals surface area contributed by atoms with Gasteiger partial charge in [0.25, 0.3) is 0 Å². The first-order chi connectivity index (χ1) is 18.9. The van der Waals surface area contributed by atoms with E-state index in [0.717, 1.165) is 46.8 Å². The molecule has 6 rings (SSSR count). The number of amides is 3. The Balaban J connectivity index is 1.34. The summed E-state index contributed by atoms with van der Waals surface area (Å²) in [6.07, 6.45) is 3.76. The second kappa shape index (κ2) is 10.2. The molecular formula is C31H29ClN4O3. The number of fused-ring (bicyclic) bond motifs is 3. The monoisotopic (exact) mass is 540 g/mol. The Morgan fingerprint density at radius 2 is 1.74 bits per heavy atom. The molecule has 1 atom stereocenters. The van der Waals surface area contributed by atoms with E-state index in [1.807, 2.05) is 90.8 Å². The molecule has 3 aromatic carbocycles. The third-order valence-corrected chi connectivity index (χ3v) is 7.80.